The molecule has 0 bridgehead atoms. The summed E-state index contributed by atoms with van der Waals surface area (Å²) in [5, 5.41) is 19.1. The lowest BCUT2D eigenvalue weighted by Gasteiger charge is -1.99. The Kier molecular flexibility index (Phi) is 3.23. The van der Waals surface area contributed by atoms with Crippen LogP contribution in [0.2, 0.25) is 0 Å². The van der Waals surface area contributed by atoms with Crippen molar-refractivity contribution in [3.05, 3.63) is 54.6 Å². The maximum absolute atomic E-state index is 11.7. The van der Waals surface area contributed by atoms with Crippen molar-refractivity contribution >= 4 is 28.2 Å². The van der Waals surface area contributed by atoms with Gasteiger partial charge in [-0.15, -0.1) is 5.11 Å². The van der Waals surface area contributed by atoms with E-state index in [4.69, 9.17) is 0 Å². The molecule has 0 aliphatic rings. The lowest BCUT2D eigenvalue weighted by molar-refractivity contribution is 0.0933. The molecular weight excluding hydrogens is 266 g/mol. The highest BCUT2D eigenvalue weighted by Gasteiger charge is 2.18. The third-order valence-corrected chi connectivity index (χ3v) is 3.16. The molecule has 0 aliphatic heterocycles. The Bertz CT molecular complexity index is 835. The molecule has 3 rings (SSSR count). The molecule has 3 aromatic rings. The highest BCUT2D eigenvalue weighted by atomic mass is 16.3. The van der Waals surface area contributed by atoms with Gasteiger partial charge in [0.2, 0.25) is 11.8 Å². The van der Waals surface area contributed by atoms with Crippen LogP contribution in [0, 0.1) is 0 Å². The van der Waals surface area contributed by atoms with Gasteiger partial charge in [0, 0.05) is 12.3 Å². The number of fused-ring (bicyclic) bond motifs is 1. The van der Waals surface area contributed by atoms with Crippen LogP contribution in [-0.4, -0.2) is 15.6 Å². The number of aromatic nitrogens is 1. The Balaban J connectivity index is 2.17. The first-order valence-electron chi connectivity index (χ1n) is 6.48. The van der Waals surface area contributed by atoms with Crippen LogP contribution in [0.25, 0.3) is 10.9 Å². The van der Waals surface area contributed by atoms with Crippen molar-refractivity contribution in [3.8, 4) is 5.88 Å². The Labute approximate surface area is 121 Å². The molecule has 0 saturated heterocycles. The van der Waals surface area contributed by atoms with Gasteiger partial charge >= 0.3 is 0 Å². The maximum atomic E-state index is 11.7. The van der Waals surface area contributed by atoms with Gasteiger partial charge in [-0.25, -0.2) is 4.57 Å². The Morgan fingerprint density at radius 1 is 1.00 bits per heavy atom. The van der Waals surface area contributed by atoms with E-state index in [1.807, 2.05) is 36.4 Å². The molecule has 0 unspecified atom stereocenters. The van der Waals surface area contributed by atoms with E-state index in [9.17, 15) is 9.90 Å². The second kappa shape index (κ2) is 5.20. The minimum atomic E-state index is -0.273. The molecule has 5 nitrogen and oxygen atoms in total. The van der Waals surface area contributed by atoms with Gasteiger partial charge in [-0.3, -0.25) is 4.79 Å². The van der Waals surface area contributed by atoms with Gasteiger partial charge in [0.15, 0.2) is 5.69 Å². The summed E-state index contributed by atoms with van der Waals surface area (Å²) in [7, 11) is 0. The van der Waals surface area contributed by atoms with E-state index in [1.165, 1.54) is 11.5 Å². The zero-order valence-electron chi connectivity index (χ0n) is 11.4. The smallest absolute Gasteiger partial charge is 0.230 e. The van der Waals surface area contributed by atoms with Gasteiger partial charge in [-0.2, -0.15) is 5.11 Å². The van der Waals surface area contributed by atoms with Crippen LogP contribution >= 0.6 is 0 Å². The summed E-state index contributed by atoms with van der Waals surface area (Å²) in [4.78, 5) is 11.7. The average Bonchev–Trinajstić information content (AvgIpc) is 2.78. The van der Waals surface area contributed by atoms with Gasteiger partial charge in [0.1, 0.15) is 0 Å². The van der Waals surface area contributed by atoms with Crippen molar-refractivity contribution in [1.29, 1.82) is 0 Å². The number of carbonyl (C=O) groups excluding carboxylic acids is 1. The SMILES string of the molecule is CC(=O)n1c(O)c(N=Nc2ccccc2)c2ccccc21. The number of aromatic hydroxyl groups is 1. The third kappa shape index (κ3) is 2.29. The first-order chi connectivity index (χ1) is 10.2. The molecule has 5 heteroatoms. The summed E-state index contributed by atoms with van der Waals surface area (Å²) in [6.45, 7) is 1.39. The van der Waals surface area contributed by atoms with Crippen LogP contribution in [0.15, 0.2) is 64.8 Å². The van der Waals surface area contributed by atoms with Crippen LogP contribution in [0.5, 0.6) is 5.88 Å². The van der Waals surface area contributed by atoms with Gasteiger partial charge in [0.05, 0.1) is 11.2 Å². The van der Waals surface area contributed by atoms with Crippen molar-refractivity contribution < 1.29 is 9.90 Å². The summed E-state index contributed by atoms with van der Waals surface area (Å²) in [6.07, 6.45) is 0. The summed E-state index contributed by atoms with van der Waals surface area (Å²) in [5.74, 6) is -0.465. The minimum absolute atomic E-state index is 0.191. The summed E-state index contributed by atoms with van der Waals surface area (Å²) in [6, 6.07) is 16.4. The lowest BCUT2D eigenvalue weighted by atomic mass is 10.2. The zero-order chi connectivity index (χ0) is 14.8. The largest absolute Gasteiger partial charge is 0.493 e. The first kappa shape index (κ1) is 13.1. The Morgan fingerprint density at radius 3 is 2.38 bits per heavy atom. The number of hydrogen-bond donors (Lipinski definition) is 1. The van der Waals surface area contributed by atoms with Crippen molar-refractivity contribution in [1.82, 2.24) is 4.57 Å². The second-order valence-corrected chi connectivity index (χ2v) is 4.58. The van der Waals surface area contributed by atoms with E-state index in [0.717, 1.165) is 0 Å². The summed E-state index contributed by atoms with van der Waals surface area (Å²) in [5.41, 5.74) is 1.59. The van der Waals surface area contributed by atoms with E-state index in [-0.39, 0.29) is 11.8 Å². The molecule has 1 aromatic heterocycles. The Morgan fingerprint density at radius 2 is 1.67 bits per heavy atom. The number of benzene rings is 2. The number of hydrogen-bond acceptors (Lipinski definition) is 4. The maximum Gasteiger partial charge on any atom is 0.230 e. The molecule has 1 heterocycles. The number of carbonyl (C=O) groups is 1. The monoisotopic (exact) mass is 279 g/mol. The number of azo groups is 1. The zero-order valence-corrected chi connectivity index (χ0v) is 11.4. The summed E-state index contributed by atoms with van der Waals surface area (Å²) >= 11 is 0. The predicted octanol–water partition coefficient (Wildman–Crippen LogP) is 4.42. The van der Waals surface area contributed by atoms with Crippen molar-refractivity contribution in [3.63, 3.8) is 0 Å². The fraction of sp³-hybridized carbons (Fsp3) is 0.0625. The molecule has 104 valence electrons. The molecule has 21 heavy (non-hydrogen) atoms. The first-order valence-corrected chi connectivity index (χ1v) is 6.48. The van der Waals surface area contributed by atoms with E-state index >= 15 is 0 Å². The number of para-hydroxylation sites is 1. The summed E-state index contributed by atoms with van der Waals surface area (Å²) < 4.78 is 1.23. The third-order valence-electron chi connectivity index (χ3n) is 3.16. The quantitative estimate of drug-likeness (QED) is 0.705. The van der Waals surface area contributed by atoms with Crippen LogP contribution in [-0.2, 0) is 0 Å². The van der Waals surface area contributed by atoms with Gasteiger partial charge in [0.25, 0.3) is 0 Å². The number of rotatable bonds is 2. The normalized spacial score (nSPS) is 11.3. The predicted molar refractivity (Wildman–Crippen MR) is 80.5 cm³/mol. The van der Waals surface area contributed by atoms with E-state index in [0.29, 0.717) is 22.3 Å². The van der Waals surface area contributed by atoms with Crippen LogP contribution in [0.1, 0.15) is 11.7 Å². The molecule has 0 fully saturated rings. The molecule has 1 N–H and O–H groups in total. The molecule has 0 spiro atoms. The van der Waals surface area contributed by atoms with E-state index in [1.54, 1.807) is 18.2 Å². The fourth-order valence-electron chi connectivity index (χ4n) is 2.23. The van der Waals surface area contributed by atoms with Crippen LogP contribution in [0.4, 0.5) is 11.4 Å². The fourth-order valence-corrected chi connectivity index (χ4v) is 2.23. The van der Waals surface area contributed by atoms with E-state index in [2.05, 4.69) is 10.2 Å². The van der Waals surface area contributed by atoms with E-state index < -0.39 is 0 Å². The molecule has 0 radical (unpaired) electrons. The highest BCUT2D eigenvalue weighted by molar-refractivity contribution is 6.01. The highest BCUT2D eigenvalue weighted by Crippen LogP contribution is 2.39. The molecule has 0 amide bonds. The second-order valence-electron chi connectivity index (χ2n) is 4.58. The molecule has 0 aliphatic carbocycles. The van der Waals surface area contributed by atoms with Crippen molar-refractivity contribution in [2.24, 2.45) is 10.2 Å². The van der Waals surface area contributed by atoms with Crippen LogP contribution in [0.3, 0.4) is 0 Å². The standard InChI is InChI=1S/C16H13N3O2/c1-11(20)19-14-10-6-5-9-13(14)15(16(19)21)18-17-12-7-3-2-4-8-12/h2-10,21H,1H3. The number of nitrogens with zero attached hydrogens (tertiary/aromatic N) is 3. The Hall–Kier alpha value is -2.95. The molecule has 2 aromatic carbocycles. The molecular formula is C16H13N3O2. The van der Waals surface area contributed by atoms with Crippen LogP contribution < -0.4 is 0 Å². The van der Waals surface area contributed by atoms with Gasteiger partial charge in [-0.1, -0.05) is 36.4 Å². The molecule has 0 saturated carbocycles. The van der Waals surface area contributed by atoms with Gasteiger partial charge < -0.3 is 5.11 Å². The van der Waals surface area contributed by atoms with Crippen molar-refractivity contribution in [2.45, 2.75) is 6.92 Å². The minimum Gasteiger partial charge on any atom is -0.493 e. The van der Waals surface area contributed by atoms with Gasteiger partial charge in [-0.05, 0) is 18.2 Å². The van der Waals surface area contributed by atoms with Crippen molar-refractivity contribution in [2.75, 3.05) is 0 Å². The molecule has 0 atom stereocenters. The topological polar surface area (TPSA) is 67.0 Å². The lowest BCUT2D eigenvalue weighted by Crippen LogP contribution is -2.03. The average molecular weight is 279 g/mol.